The van der Waals surface area contributed by atoms with Gasteiger partial charge in [0.1, 0.15) is 18.1 Å². The highest BCUT2D eigenvalue weighted by molar-refractivity contribution is 5.77. The predicted molar refractivity (Wildman–Crippen MR) is 91.6 cm³/mol. The molecule has 0 spiro atoms. The molecule has 134 valence electrons. The van der Waals surface area contributed by atoms with Crippen molar-refractivity contribution in [2.75, 3.05) is 66.2 Å². The Morgan fingerprint density at radius 3 is 2.58 bits per heavy atom. The zero-order chi connectivity index (χ0) is 17.0. The van der Waals surface area contributed by atoms with Crippen LogP contribution in [-0.2, 0) is 9.53 Å². The van der Waals surface area contributed by atoms with Crippen molar-refractivity contribution in [2.24, 2.45) is 0 Å². The van der Waals surface area contributed by atoms with E-state index in [1.54, 1.807) is 7.11 Å². The van der Waals surface area contributed by atoms with E-state index in [-0.39, 0.29) is 5.91 Å². The number of carbonyl (C=O) groups excluding carboxylic acids is 1. The highest BCUT2D eigenvalue weighted by atomic mass is 16.5. The number of hydrogen-bond donors (Lipinski definition) is 2. The van der Waals surface area contributed by atoms with E-state index < -0.39 is 0 Å². The normalized spacial score (nSPS) is 15.0. The van der Waals surface area contributed by atoms with Crippen LogP contribution in [0.4, 0.5) is 0 Å². The molecule has 24 heavy (non-hydrogen) atoms. The number of nitrogens with one attached hydrogen (secondary N) is 2. The van der Waals surface area contributed by atoms with Gasteiger partial charge in [0.15, 0.2) is 0 Å². The second kappa shape index (κ2) is 10.9. The fourth-order valence-electron chi connectivity index (χ4n) is 2.36. The smallest absolute Gasteiger partial charge is 0.234 e. The van der Waals surface area contributed by atoms with Crippen molar-refractivity contribution >= 4 is 5.91 Å². The number of benzene rings is 1. The van der Waals surface area contributed by atoms with Gasteiger partial charge in [-0.1, -0.05) is 0 Å². The summed E-state index contributed by atoms with van der Waals surface area (Å²) in [6.45, 7) is 6.53. The van der Waals surface area contributed by atoms with Gasteiger partial charge in [0, 0.05) is 26.2 Å². The molecule has 2 N–H and O–H groups in total. The molecule has 0 bridgehead atoms. The molecule has 7 heteroatoms. The van der Waals surface area contributed by atoms with Gasteiger partial charge in [-0.2, -0.15) is 0 Å². The third-order valence-corrected chi connectivity index (χ3v) is 3.75. The Morgan fingerprint density at radius 2 is 1.88 bits per heavy atom. The van der Waals surface area contributed by atoms with Gasteiger partial charge in [-0.05, 0) is 24.3 Å². The van der Waals surface area contributed by atoms with E-state index in [9.17, 15) is 4.79 Å². The first-order chi connectivity index (χ1) is 11.8. The number of methoxy groups -OCH3 is 1. The van der Waals surface area contributed by atoms with Gasteiger partial charge >= 0.3 is 0 Å². The van der Waals surface area contributed by atoms with Gasteiger partial charge < -0.3 is 24.8 Å². The molecule has 2 rings (SSSR count). The molecule has 1 aromatic carbocycles. The van der Waals surface area contributed by atoms with Crippen LogP contribution in [0, 0.1) is 0 Å². The standard InChI is InChI=1S/C17H27N3O4/c1-22-15-2-4-16(5-3-15)24-11-7-19-17(21)14-18-6-8-20-9-12-23-13-10-20/h2-5,18H,6-14H2,1H3,(H,19,21). The van der Waals surface area contributed by atoms with Crippen LogP contribution >= 0.6 is 0 Å². The number of morpholine rings is 1. The van der Waals surface area contributed by atoms with Crippen LogP contribution < -0.4 is 20.1 Å². The number of amides is 1. The van der Waals surface area contributed by atoms with Gasteiger partial charge in [-0.25, -0.2) is 0 Å². The molecule has 0 radical (unpaired) electrons. The van der Waals surface area contributed by atoms with Crippen molar-refractivity contribution in [1.29, 1.82) is 0 Å². The van der Waals surface area contributed by atoms with Crippen molar-refractivity contribution < 1.29 is 19.0 Å². The van der Waals surface area contributed by atoms with E-state index in [1.807, 2.05) is 24.3 Å². The Morgan fingerprint density at radius 1 is 1.17 bits per heavy atom. The lowest BCUT2D eigenvalue weighted by Crippen LogP contribution is -2.42. The number of hydrogen-bond acceptors (Lipinski definition) is 6. The molecule has 0 saturated carbocycles. The molecule has 0 unspecified atom stereocenters. The third kappa shape index (κ3) is 7.16. The third-order valence-electron chi connectivity index (χ3n) is 3.75. The lowest BCUT2D eigenvalue weighted by Gasteiger charge is -2.26. The minimum absolute atomic E-state index is 0.0182. The number of rotatable bonds is 10. The fourth-order valence-corrected chi connectivity index (χ4v) is 2.36. The topological polar surface area (TPSA) is 72.1 Å². The highest BCUT2D eigenvalue weighted by Gasteiger charge is 2.09. The minimum atomic E-state index is -0.0182. The summed E-state index contributed by atoms with van der Waals surface area (Å²) in [5.74, 6) is 1.53. The molecular formula is C17H27N3O4. The second-order valence-electron chi connectivity index (χ2n) is 5.50. The van der Waals surface area contributed by atoms with Crippen LogP contribution in [0.1, 0.15) is 0 Å². The minimum Gasteiger partial charge on any atom is -0.497 e. The molecule has 0 aliphatic carbocycles. The summed E-state index contributed by atoms with van der Waals surface area (Å²) in [5.41, 5.74) is 0. The van der Waals surface area contributed by atoms with Crippen molar-refractivity contribution in [3.05, 3.63) is 24.3 Å². The van der Waals surface area contributed by atoms with Crippen molar-refractivity contribution in [2.45, 2.75) is 0 Å². The molecule has 0 aromatic heterocycles. The zero-order valence-corrected chi connectivity index (χ0v) is 14.3. The molecule has 1 saturated heterocycles. The number of nitrogens with zero attached hydrogens (tertiary/aromatic N) is 1. The predicted octanol–water partition coefficient (Wildman–Crippen LogP) is 0.112. The molecule has 1 aliphatic rings. The monoisotopic (exact) mass is 337 g/mol. The van der Waals surface area contributed by atoms with Crippen molar-refractivity contribution in [3.8, 4) is 11.5 Å². The largest absolute Gasteiger partial charge is 0.497 e. The first-order valence-electron chi connectivity index (χ1n) is 8.32. The lowest BCUT2D eigenvalue weighted by molar-refractivity contribution is -0.120. The number of carbonyl (C=O) groups is 1. The quantitative estimate of drug-likeness (QED) is 0.591. The molecule has 1 amide bonds. The van der Waals surface area contributed by atoms with E-state index in [0.29, 0.717) is 19.7 Å². The fraction of sp³-hybridized carbons (Fsp3) is 0.588. The van der Waals surface area contributed by atoms with Crippen LogP contribution in [-0.4, -0.2) is 77.0 Å². The summed E-state index contributed by atoms with van der Waals surface area (Å²) in [7, 11) is 1.63. The summed E-state index contributed by atoms with van der Waals surface area (Å²) in [4.78, 5) is 14.0. The highest BCUT2D eigenvalue weighted by Crippen LogP contribution is 2.16. The van der Waals surface area contributed by atoms with E-state index in [4.69, 9.17) is 14.2 Å². The van der Waals surface area contributed by atoms with Gasteiger partial charge in [0.25, 0.3) is 0 Å². The van der Waals surface area contributed by atoms with E-state index >= 15 is 0 Å². The zero-order valence-electron chi connectivity index (χ0n) is 14.3. The summed E-state index contributed by atoms with van der Waals surface area (Å²) in [6.07, 6.45) is 0. The average Bonchev–Trinajstić information content (AvgIpc) is 2.64. The molecule has 1 fully saturated rings. The Bertz CT molecular complexity index is 475. The van der Waals surface area contributed by atoms with Crippen molar-refractivity contribution in [3.63, 3.8) is 0 Å². The summed E-state index contributed by atoms with van der Waals surface area (Å²) < 4.78 is 15.9. The second-order valence-corrected chi connectivity index (χ2v) is 5.50. The molecule has 1 heterocycles. The Hall–Kier alpha value is -1.83. The van der Waals surface area contributed by atoms with Crippen molar-refractivity contribution in [1.82, 2.24) is 15.5 Å². The van der Waals surface area contributed by atoms with Gasteiger partial charge in [-0.15, -0.1) is 0 Å². The molecule has 1 aliphatic heterocycles. The van der Waals surface area contributed by atoms with E-state index in [1.165, 1.54) is 0 Å². The first-order valence-corrected chi connectivity index (χ1v) is 8.32. The van der Waals surface area contributed by atoms with E-state index in [2.05, 4.69) is 15.5 Å². The SMILES string of the molecule is COc1ccc(OCCNC(=O)CNCCN2CCOCC2)cc1. The molecule has 0 atom stereocenters. The summed E-state index contributed by atoms with van der Waals surface area (Å²) >= 11 is 0. The maximum atomic E-state index is 11.7. The average molecular weight is 337 g/mol. The maximum Gasteiger partial charge on any atom is 0.234 e. The summed E-state index contributed by atoms with van der Waals surface area (Å²) in [5, 5.41) is 5.98. The maximum absolute atomic E-state index is 11.7. The van der Waals surface area contributed by atoms with Gasteiger partial charge in [0.05, 0.1) is 33.4 Å². The van der Waals surface area contributed by atoms with E-state index in [0.717, 1.165) is 50.9 Å². The molecule has 1 aromatic rings. The summed E-state index contributed by atoms with van der Waals surface area (Å²) in [6, 6.07) is 7.36. The van der Waals surface area contributed by atoms with Gasteiger partial charge in [-0.3, -0.25) is 9.69 Å². The molecule has 7 nitrogen and oxygen atoms in total. The van der Waals surface area contributed by atoms with Crippen LogP contribution in [0.2, 0.25) is 0 Å². The first kappa shape index (κ1) is 18.5. The Kier molecular flexibility index (Phi) is 8.37. The molecular weight excluding hydrogens is 310 g/mol. The van der Waals surface area contributed by atoms with Crippen LogP contribution in [0.3, 0.4) is 0 Å². The Balaban J connectivity index is 1.47. The number of ether oxygens (including phenoxy) is 3. The Labute approximate surface area is 143 Å². The van der Waals surface area contributed by atoms with Crippen LogP contribution in [0.25, 0.3) is 0 Å². The van der Waals surface area contributed by atoms with Crippen LogP contribution in [0.15, 0.2) is 24.3 Å². The van der Waals surface area contributed by atoms with Gasteiger partial charge in [0.2, 0.25) is 5.91 Å². The van der Waals surface area contributed by atoms with Crippen LogP contribution in [0.5, 0.6) is 11.5 Å². The lowest BCUT2D eigenvalue weighted by atomic mass is 10.3.